The van der Waals surface area contributed by atoms with E-state index in [4.69, 9.17) is 4.74 Å². The van der Waals surface area contributed by atoms with Crippen molar-refractivity contribution in [3.8, 4) is 0 Å². The van der Waals surface area contributed by atoms with Crippen molar-refractivity contribution in [2.75, 3.05) is 19.6 Å². The number of ether oxygens (including phenoxy) is 1. The molecule has 1 atom stereocenters. The lowest BCUT2D eigenvalue weighted by Crippen LogP contribution is -2.43. The fourth-order valence-corrected chi connectivity index (χ4v) is 2.25. The Morgan fingerprint density at radius 1 is 1.27 bits per heavy atom. The molecule has 1 heterocycles. The maximum Gasteiger partial charge on any atom is 0.407 e. The maximum absolute atomic E-state index is 11.6. The van der Waals surface area contributed by atoms with E-state index in [2.05, 4.69) is 10.6 Å². The van der Waals surface area contributed by atoms with Crippen LogP contribution in [0.2, 0.25) is 0 Å². The number of hydrogen-bond acceptors (Lipinski definition) is 5. The molecular formula is C15H21N3O4. The third-order valence-electron chi connectivity index (χ3n) is 3.49. The molecule has 1 aliphatic rings. The molecule has 1 aliphatic heterocycles. The monoisotopic (exact) mass is 307 g/mol. The number of carbonyl (C=O) groups is 2. The van der Waals surface area contributed by atoms with Gasteiger partial charge in [-0.3, -0.25) is 4.79 Å². The number of alkyl carbamates (subject to hydrolysis) is 1. The Labute approximate surface area is 129 Å². The summed E-state index contributed by atoms with van der Waals surface area (Å²) in [5.74, 6) is -0.308. The number of benzene rings is 1. The van der Waals surface area contributed by atoms with E-state index in [0.717, 1.165) is 18.4 Å². The van der Waals surface area contributed by atoms with Crippen LogP contribution >= 0.6 is 0 Å². The van der Waals surface area contributed by atoms with Gasteiger partial charge in [-0.2, -0.15) is 5.06 Å². The summed E-state index contributed by atoms with van der Waals surface area (Å²) in [5, 5.41) is 15.8. The minimum atomic E-state index is -0.636. The highest BCUT2D eigenvalue weighted by Gasteiger charge is 2.23. The first-order chi connectivity index (χ1) is 10.6. The lowest BCUT2D eigenvalue weighted by molar-refractivity contribution is -0.123. The lowest BCUT2D eigenvalue weighted by Gasteiger charge is -2.17. The number of amides is 2. The summed E-state index contributed by atoms with van der Waals surface area (Å²) in [6.07, 6.45) is 1.13. The van der Waals surface area contributed by atoms with Crippen LogP contribution in [0.5, 0.6) is 0 Å². The minimum Gasteiger partial charge on any atom is -0.445 e. The zero-order chi connectivity index (χ0) is 15.8. The highest BCUT2D eigenvalue weighted by Crippen LogP contribution is 2.12. The number of nitrogens with zero attached hydrogens (tertiary/aromatic N) is 1. The average Bonchev–Trinajstić information content (AvgIpc) is 2.95. The molecule has 2 rings (SSSR count). The highest BCUT2D eigenvalue weighted by atomic mass is 16.5. The molecular weight excluding hydrogens is 286 g/mol. The third kappa shape index (κ3) is 5.34. The summed E-state index contributed by atoms with van der Waals surface area (Å²) >= 11 is 0. The van der Waals surface area contributed by atoms with E-state index in [1.54, 1.807) is 0 Å². The zero-order valence-corrected chi connectivity index (χ0v) is 12.3. The summed E-state index contributed by atoms with van der Waals surface area (Å²) in [6, 6.07) is 9.25. The normalized spacial score (nSPS) is 18.0. The van der Waals surface area contributed by atoms with Crippen molar-refractivity contribution in [1.82, 2.24) is 15.7 Å². The van der Waals surface area contributed by atoms with Crippen molar-refractivity contribution >= 4 is 12.0 Å². The van der Waals surface area contributed by atoms with E-state index in [-0.39, 0.29) is 25.1 Å². The van der Waals surface area contributed by atoms with Gasteiger partial charge in [0.15, 0.2) is 0 Å². The van der Waals surface area contributed by atoms with Crippen LogP contribution in [0.1, 0.15) is 18.4 Å². The first-order valence-corrected chi connectivity index (χ1v) is 7.32. The molecule has 0 saturated carbocycles. The van der Waals surface area contributed by atoms with Crippen LogP contribution in [0.3, 0.4) is 0 Å². The molecule has 0 spiro atoms. The number of hydrogen-bond donors (Lipinski definition) is 3. The van der Waals surface area contributed by atoms with E-state index in [1.165, 1.54) is 5.06 Å². The van der Waals surface area contributed by atoms with Crippen molar-refractivity contribution in [2.24, 2.45) is 0 Å². The first-order valence-electron chi connectivity index (χ1n) is 7.32. The van der Waals surface area contributed by atoms with Gasteiger partial charge in [0.2, 0.25) is 5.91 Å². The van der Waals surface area contributed by atoms with Crippen LogP contribution in [0.4, 0.5) is 4.79 Å². The van der Waals surface area contributed by atoms with Crippen molar-refractivity contribution in [3.05, 3.63) is 35.9 Å². The van der Waals surface area contributed by atoms with Gasteiger partial charge in [0.25, 0.3) is 0 Å². The van der Waals surface area contributed by atoms with E-state index in [9.17, 15) is 14.8 Å². The molecule has 7 heteroatoms. The van der Waals surface area contributed by atoms with Crippen molar-refractivity contribution in [2.45, 2.75) is 25.5 Å². The number of hydroxylamine groups is 2. The van der Waals surface area contributed by atoms with Gasteiger partial charge in [0.05, 0.1) is 12.6 Å². The van der Waals surface area contributed by atoms with Gasteiger partial charge in [-0.05, 0) is 18.4 Å². The molecule has 0 unspecified atom stereocenters. The van der Waals surface area contributed by atoms with Crippen molar-refractivity contribution in [1.29, 1.82) is 0 Å². The van der Waals surface area contributed by atoms with Crippen LogP contribution < -0.4 is 10.6 Å². The Balaban J connectivity index is 1.58. The summed E-state index contributed by atoms with van der Waals surface area (Å²) in [6.45, 7) is 1.02. The van der Waals surface area contributed by atoms with Gasteiger partial charge in [-0.25, -0.2) is 4.79 Å². The van der Waals surface area contributed by atoms with Crippen molar-refractivity contribution < 1.29 is 19.5 Å². The number of nitrogens with one attached hydrogen (secondary N) is 2. The molecule has 0 bridgehead atoms. The molecule has 1 fully saturated rings. The molecule has 0 aliphatic carbocycles. The lowest BCUT2D eigenvalue weighted by atomic mass is 10.2. The molecule has 7 nitrogen and oxygen atoms in total. The van der Waals surface area contributed by atoms with Crippen LogP contribution in [-0.2, 0) is 16.1 Å². The quantitative estimate of drug-likeness (QED) is 0.726. The highest BCUT2D eigenvalue weighted by molar-refractivity contribution is 5.82. The average molecular weight is 307 g/mol. The van der Waals surface area contributed by atoms with E-state index < -0.39 is 6.09 Å². The van der Waals surface area contributed by atoms with Crippen LogP contribution in [0.15, 0.2) is 30.3 Å². The van der Waals surface area contributed by atoms with Crippen LogP contribution in [-0.4, -0.2) is 47.9 Å². The molecule has 22 heavy (non-hydrogen) atoms. The Morgan fingerprint density at radius 2 is 2.05 bits per heavy atom. The largest absolute Gasteiger partial charge is 0.445 e. The molecule has 0 radical (unpaired) electrons. The van der Waals surface area contributed by atoms with E-state index in [1.807, 2.05) is 30.3 Å². The topological polar surface area (TPSA) is 90.9 Å². The number of rotatable bonds is 6. The Morgan fingerprint density at radius 3 is 2.73 bits per heavy atom. The molecule has 3 N–H and O–H groups in total. The fourth-order valence-electron chi connectivity index (χ4n) is 2.25. The second-order valence-electron chi connectivity index (χ2n) is 5.18. The summed E-state index contributed by atoms with van der Waals surface area (Å²) < 4.78 is 5.00. The second kappa shape index (κ2) is 8.35. The first kappa shape index (κ1) is 16.3. The van der Waals surface area contributed by atoms with Gasteiger partial charge < -0.3 is 20.6 Å². The Bertz CT molecular complexity index is 495. The summed E-state index contributed by atoms with van der Waals surface area (Å²) in [4.78, 5) is 23.1. The van der Waals surface area contributed by atoms with Crippen LogP contribution in [0.25, 0.3) is 0 Å². The minimum absolute atomic E-state index is 0.0472. The fraction of sp³-hybridized carbons (Fsp3) is 0.467. The smallest absolute Gasteiger partial charge is 0.407 e. The molecule has 1 saturated heterocycles. The number of carbonyl (C=O) groups excluding carboxylic acids is 2. The molecule has 1 aromatic carbocycles. The predicted molar refractivity (Wildman–Crippen MR) is 79.2 cm³/mol. The summed E-state index contributed by atoms with van der Waals surface area (Å²) in [5.41, 5.74) is 0.881. The van der Waals surface area contributed by atoms with Crippen LogP contribution in [0, 0.1) is 0 Å². The molecule has 2 amide bonds. The van der Waals surface area contributed by atoms with Gasteiger partial charge in [0, 0.05) is 13.1 Å². The SMILES string of the molecule is O=C(CNC(=O)OCc1ccccc1)NC[C@@H]1CCCN1O. The van der Waals surface area contributed by atoms with Gasteiger partial charge >= 0.3 is 6.09 Å². The van der Waals surface area contributed by atoms with Crippen molar-refractivity contribution in [3.63, 3.8) is 0 Å². The second-order valence-corrected chi connectivity index (χ2v) is 5.18. The van der Waals surface area contributed by atoms with Gasteiger partial charge in [0.1, 0.15) is 6.61 Å². The third-order valence-corrected chi connectivity index (χ3v) is 3.49. The molecule has 1 aromatic rings. The van der Waals surface area contributed by atoms with Gasteiger partial charge in [-0.1, -0.05) is 30.3 Å². The predicted octanol–water partition coefficient (Wildman–Crippen LogP) is 0.883. The molecule has 0 aromatic heterocycles. The maximum atomic E-state index is 11.6. The Kier molecular flexibility index (Phi) is 6.17. The van der Waals surface area contributed by atoms with Gasteiger partial charge in [-0.15, -0.1) is 0 Å². The Hall–Kier alpha value is -2.12. The van der Waals surface area contributed by atoms with E-state index >= 15 is 0 Å². The molecule has 120 valence electrons. The standard InChI is InChI=1S/C15H21N3O4/c19-14(16-9-13-7-4-8-18(13)21)10-17-15(20)22-11-12-5-2-1-3-6-12/h1-3,5-6,13,21H,4,7-11H2,(H,16,19)(H,17,20)/t13-/m0/s1. The zero-order valence-electron chi connectivity index (χ0n) is 12.3. The summed E-state index contributed by atoms with van der Waals surface area (Å²) in [7, 11) is 0. The van der Waals surface area contributed by atoms with E-state index in [0.29, 0.717) is 13.1 Å².